The van der Waals surface area contributed by atoms with Crippen LogP contribution in [-0.4, -0.2) is 61.7 Å². The van der Waals surface area contributed by atoms with Crippen LogP contribution in [-0.2, 0) is 0 Å². The summed E-state index contributed by atoms with van der Waals surface area (Å²) in [6, 6.07) is 1.43. The van der Waals surface area contributed by atoms with Gasteiger partial charge in [-0.15, -0.1) is 0 Å². The summed E-state index contributed by atoms with van der Waals surface area (Å²) in [5, 5.41) is 3.86. The molecule has 20 heavy (non-hydrogen) atoms. The Balaban J connectivity index is 1.88. The summed E-state index contributed by atoms with van der Waals surface area (Å²) in [4.78, 5) is 5.19. The van der Waals surface area contributed by atoms with Crippen molar-refractivity contribution in [2.75, 3.05) is 39.8 Å². The van der Waals surface area contributed by atoms with Crippen LogP contribution in [0.5, 0.6) is 0 Å². The van der Waals surface area contributed by atoms with Crippen molar-refractivity contribution in [1.29, 1.82) is 0 Å². The van der Waals surface area contributed by atoms with E-state index in [1.54, 1.807) is 0 Å². The predicted octanol–water partition coefficient (Wildman–Crippen LogP) is 2.57. The summed E-state index contributed by atoms with van der Waals surface area (Å²) in [6.45, 7) is 10.8. The maximum atomic E-state index is 3.86. The van der Waals surface area contributed by atoms with E-state index in [2.05, 4.69) is 36.0 Å². The predicted molar refractivity (Wildman–Crippen MR) is 87.2 cm³/mol. The van der Waals surface area contributed by atoms with Crippen molar-refractivity contribution in [1.82, 2.24) is 15.1 Å². The number of piperazine rings is 1. The molecule has 2 aliphatic rings. The lowest BCUT2D eigenvalue weighted by Crippen LogP contribution is -2.55. The molecule has 1 N–H and O–H groups in total. The van der Waals surface area contributed by atoms with Crippen LogP contribution >= 0.6 is 0 Å². The fraction of sp³-hybridized carbons (Fsp3) is 1.00. The monoisotopic (exact) mass is 281 g/mol. The second-order valence-corrected chi connectivity index (χ2v) is 7.06. The maximum absolute atomic E-state index is 3.86. The van der Waals surface area contributed by atoms with Gasteiger partial charge in [0.1, 0.15) is 0 Å². The smallest absolute Gasteiger partial charge is 0.0223 e. The maximum Gasteiger partial charge on any atom is 0.0223 e. The molecule has 3 nitrogen and oxygen atoms in total. The van der Waals surface area contributed by atoms with Crippen molar-refractivity contribution in [3.8, 4) is 0 Å². The van der Waals surface area contributed by atoms with Crippen molar-refractivity contribution in [2.45, 2.75) is 64.5 Å². The van der Waals surface area contributed by atoms with Gasteiger partial charge in [0.15, 0.2) is 0 Å². The lowest BCUT2D eigenvalue weighted by Gasteiger charge is -2.42. The number of nitrogens with one attached hydrogen (secondary N) is 1. The normalized spacial score (nSPS) is 28.6. The van der Waals surface area contributed by atoms with Crippen LogP contribution in [0.3, 0.4) is 0 Å². The summed E-state index contributed by atoms with van der Waals surface area (Å²) >= 11 is 0. The molecule has 1 aliphatic heterocycles. The van der Waals surface area contributed by atoms with E-state index in [1.165, 1.54) is 71.2 Å². The number of hydrogen-bond acceptors (Lipinski definition) is 3. The summed E-state index contributed by atoms with van der Waals surface area (Å²) in [7, 11) is 2.25. The molecule has 0 amide bonds. The Morgan fingerprint density at radius 3 is 2.55 bits per heavy atom. The zero-order chi connectivity index (χ0) is 14.4. The molecule has 118 valence electrons. The highest BCUT2D eigenvalue weighted by atomic mass is 15.3. The summed E-state index contributed by atoms with van der Waals surface area (Å²) in [5.74, 6) is 0.919. The molecule has 0 aromatic heterocycles. The van der Waals surface area contributed by atoms with Crippen molar-refractivity contribution in [2.24, 2.45) is 5.92 Å². The topological polar surface area (TPSA) is 18.5 Å². The highest BCUT2D eigenvalue weighted by Crippen LogP contribution is 2.27. The van der Waals surface area contributed by atoms with Crippen LogP contribution < -0.4 is 5.32 Å². The van der Waals surface area contributed by atoms with Gasteiger partial charge < -0.3 is 10.2 Å². The number of likely N-dealkylation sites (N-methyl/N-ethyl adjacent to an activating group) is 1. The first-order chi connectivity index (χ1) is 9.70. The first-order valence-corrected chi connectivity index (χ1v) is 8.86. The molecule has 0 aromatic rings. The third kappa shape index (κ3) is 4.71. The Morgan fingerprint density at radius 2 is 1.90 bits per heavy atom. The van der Waals surface area contributed by atoms with Gasteiger partial charge in [-0.2, -0.15) is 0 Å². The van der Waals surface area contributed by atoms with Gasteiger partial charge in [-0.25, -0.2) is 0 Å². The average Bonchev–Trinajstić information content (AvgIpc) is 2.46. The highest BCUT2D eigenvalue weighted by Gasteiger charge is 2.28. The van der Waals surface area contributed by atoms with E-state index in [0.717, 1.165) is 12.0 Å². The second-order valence-electron chi connectivity index (χ2n) is 7.06. The molecule has 1 heterocycles. The van der Waals surface area contributed by atoms with Gasteiger partial charge >= 0.3 is 0 Å². The van der Waals surface area contributed by atoms with Crippen LogP contribution in [0.4, 0.5) is 0 Å². The Hall–Kier alpha value is -0.120. The zero-order valence-electron chi connectivity index (χ0n) is 13.9. The molecule has 1 aliphatic carbocycles. The number of nitrogens with zero attached hydrogens (tertiary/aromatic N) is 2. The average molecular weight is 281 g/mol. The van der Waals surface area contributed by atoms with Crippen LogP contribution in [0.2, 0.25) is 0 Å². The molecule has 2 unspecified atom stereocenters. The van der Waals surface area contributed by atoms with E-state index < -0.39 is 0 Å². The quantitative estimate of drug-likeness (QED) is 0.807. The van der Waals surface area contributed by atoms with Crippen LogP contribution in [0.15, 0.2) is 0 Å². The third-order valence-electron chi connectivity index (χ3n) is 5.27. The van der Waals surface area contributed by atoms with E-state index in [9.17, 15) is 0 Å². The largest absolute Gasteiger partial charge is 0.312 e. The highest BCUT2D eigenvalue weighted by molar-refractivity contribution is 4.86. The van der Waals surface area contributed by atoms with E-state index >= 15 is 0 Å². The minimum Gasteiger partial charge on any atom is -0.312 e. The Morgan fingerprint density at radius 1 is 1.15 bits per heavy atom. The van der Waals surface area contributed by atoms with Crippen LogP contribution in [0.25, 0.3) is 0 Å². The van der Waals surface area contributed by atoms with E-state index in [-0.39, 0.29) is 0 Å². The Labute approximate surface area is 126 Å². The summed E-state index contributed by atoms with van der Waals surface area (Å²) < 4.78 is 0. The second kappa shape index (κ2) is 8.35. The third-order valence-corrected chi connectivity index (χ3v) is 5.27. The summed E-state index contributed by atoms with van der Waals surface area (Å²) in [6.07, 6.45) is 8.51. The zero-order valence-corrected chi connectivity index (χ0v) is 13.9. The van der Waals surface area contributed by atoms with E-state index in [0.29, 0.717) is 6.04 Å². The van der Waals surface area contributed by atoms with Gasteiger partial charge in [0.05, 0.1) is 0 Å². The van der Waals surface area contributed by atoms with Gasteiger partial charge in [0.2, 0.25) is 0 Å². The molecule has 0 radical (unpaired) electrons. The lowest BCUT2D eigenvalue weighted by molar-refractivity contribution is 0.0777. The molecule has 1 saturated heterocycles. The lowest BCUT2D eigenvalue weighted by atomic mass is 9.83. The van der Waals surface area contributed by atoms with Crippen molar-refractivity contribution in [3.05, 3.63) is 0 Å². The Kier molecular flexibility index (Phi) is 6.79. The standard InChI is InChI=1S/C17H35N3/c1-4-10-18-17(16-8-6-5-7-9-16)14-20-12-11-19(3)13-15(20)2/h15-18H,4-14H2,1-3H3. The molecule has 3 heteroatoms. The molecule has 0 aromatic carbocycles. The SMILES string of the molecule is CCCNC(CN1CCN(C)CC1C)C1CCCCC1. The molecular formula is C17H35N3. The Bertz CT molecular complexity index is 263. The van der Waals surface area contributed by atoms with Crippen LogP contribution in [0, 0.1) is 5.92 Å². The van der Waals surface area contributed by atoms with Crippen LogP contribution in [0.1, 0.15) is 52.4 Å². The first-order valence-electron chi connectivity index (χ1n) is 8.86. The number of rotatable bonds is 6. The van der Waals surface area contributed by atoms with Gasteiger partial charge in [-0.3, -0.25) is 4.90 Å². The van der Waals surface area contributed by atoms with Gasteiger partial charge in [-0.05, 0) is 45.7 Å². The fourth-order valence-electron chi connectivity index (χ4n) is 3.95. The molecule has 2 rings (SSSR count). The molecule has 2 fully saturated rings. The molecular weight excluding hydrogens is 246 g/mol. The van der Waals surface area contributed by atoms with Crippen molar-refractivity contribution >= 4 is 0 Å². The van der Waals surface area contributed by atoms with E-state index in [4.69, 9.17) is 0 Å². The first kappa shape index (κ1) is 16.3. The fourth-order valence-corrected chi connectivity index (χ4v) is 3.95. The summed E-state index contributed by atoms with van der Waals surface area (Å²) in [5.41, 5.74) is 0. The molecule has 0 bridgehead atoms. The molecule has 1 saturated carbocycles. The minimum absolute atomic E-state index is 0.711. The van der Waals surface area contributed by atoms with E-state index in [1.807, 2.05) is 0 Å². The van der Waals surface area contributed by atoms with Gasteiger partial charge in [0.25, 0.3) is 0 Å². The molecule has 2 atom stereocenters. The van der Waals surface area contributed by atoms with Crippen molar-refractivity contribution in [3.63, 3.8) is 0 Å². The molecule has 0 spiro atoms. The van der Waals surface area contributed by atoms with Gasteiger partial charge in [-0.1, -0.05) is 26.2 Å². The van der Waals surface area contributed by atoms with Gasteiger partial charge in [0, 0.05) is 38.3 Å². The minimum atomic E-state index is 0.711. The number of hydrogen-bond donors (Lipinski definition) is 1. The van der Waals surface area contributed by atoms with Crippen molar-refractivity contribution < 1.29 is 0 Å².